The van der Waals surface area contributed by atoms with Gasteiger partial charge < -0.3 is 15.0 Å². The Hall–Kier alpha value is -2.57. The number of benzene rings is 2. The maximum atomic E-state index is 12.7. The van der Waals surface area contributed by atoms with Crippen LogP contribution in [0.3, 0.4) is 0 Å². The second-order valence-electron chi connectivity index (χ2n) is 6.12. The van der Waals surface area contributed by atoms with Crippen molar-refractivity contribution in [2.75, 3.05) is 23.9 Å². The van der Waals surface area contributed by atoms with E-state index >= 15 is 0 Å². The molecule has 1 aliphatic rings. The first-order valence-electron chi connectivity index (χ1n) is 7.97. The van der Waals surface area contributed by atoms with E-state index in [0.29, 0.717) is 27.0 Å². The molecule has 132 valence electrons. The summed E-state index contributed by atoms with van der Waals surface area (Å²) in [6.45, 7) is 2.02. The third-order valence-corrected chi connectivity index (χ3v) is 5.95. The van der Waals surface area contributed by atoms with E-state index in [2.05, 4.69) is 5.32 Å². The number of hydrogen-bond acceptors (Lipinski definition) is 4. The SMILES string of the molecule is Cc1ccc2c(Cl)c(C(=O)Nc3ccc4c(c3)N(C)C(=O)CO4)sc2c1. The van der Waals surface area contributed by atoms with E-state index in [-0.39, 0.29) is 18.4 Å². The lowest BCUT2D eigenvalue weighted by Gasteiger charge is -2.26. The van der Waals surface area contributed by atoms with Crippen LogP contribution in [0.4, 0.5) is 11.4 Å². The Balaban J connectivity index is 1.65. The average molecular weight is 387 g/mol. The van der Waals surface area contributed by atoms with Crippen molar-refractivity contribution in [2.24, 2.45) is 0 Å². The lowest BCUT2D eigenvalue weighted by molar-refractivity contribution is -0.120. The standard InChI is InChI=1S/C19H15ClN2O3S/c1-10-3-5-12-15(7-10)26-18(17(12)20)19(24)21-11-4-6-14-13(8-11)22(2)16(23)9-25-14/h3-8H,9H2,1-2H3,(H,21,24). The summed E-state index contributed by atoms with van der Waals surface area (Å²) in [4.78, 5) is 26.5. The predicted molar refractivity (Wildman–Crippen MR) is 105 cm³/mol. The zero-order chi connectivity index (χ0) is 18.4. The molecule has 0 fully saturated rings. The molecular formula is C19H15ClN2O3S. The quantitative estimate of drug-likeness (QED) is 0.706. The summed E-state index contributed by atoms with van der Waals surface area (Å²) in [6, 6.07) is 11.1. The summed E-state index contributed by atoms with van der Waals surface area (Å²) in [5, 5.41) is 4.18. The van der Waals surface area contributed by atoms with Crippen molar-refractivity contribution in [3.63, 3.8) is 0 Å². The van der Waals surface area contributed by atoms with E-state index < -0.39 is 0 Å². The van der Waals surface area contributed by atoms with E-state index in [1.807, 2.05) is 25.1 Å². The third-order valence-electron chi connectivity index (χ3n) is 4.29. The highest BCUT2D eigenvalue weighted by Gasteiger charge is 2.23. The Kier molecular flexibility index (Phi) is 4.09. The van der Waals surface area contributed by atoms with Gasteiger partial charge in [-0.25, -0.2) is 0 Å². The molecule has 0 saturated carbocycles. The molecule has 2 heterocycles. The molecule has 3 aromatic rings. The van der Waals surface area contributed by atoms with Gasteiger partial charge in [-0.3, -0.25) is 9.59 Å². The third kappa shape index (κ3) is 2.81. The number of nitrogens with one attached hydrogen (secondary N) is 1. The van der Waals surface area contributed by atoms with Crippen LogP contribution < -0.4 is 15.0 Å². The van der Waals surface area contributed by atoms with Gasteiger partial charge in [0.05, 0.1) is 10.7 Å². The van der Waals surface area contributed by atoms with Crippen LogP contribution in [-0.2, 0) is 4.79 Å². The van der Waals surface area contributed by atoms with E-state index in [4.69, 9.17) is 16.3 Å². The van der Waals surface area contributed by atoms with Crippen LogP contribution in [0, 0.1) is 6.92 Å². The van der Waals surface area contributed by atoms with Crippen LogP contribution in [0.1, 0.15) is 15.2 Å². The van der Waals surface area contributed by atoms with Gasteiger partial charge in [0.25, 0.3) is 11.8 Å². The number of nitrogens with zero attached hydrogens (tertiary/aromatic N) is 1. The molecule has 0 spiro atoms. The summed E-state index contributed by atoms with van der Waals surface area (Å²) >= 11 is 7.77. The predicted octanol–water partition coefficient (Wildman–Crippen LogP) is 4.47. The average Bonchev–Trinajstić information content (AvgIpc) is 2.94. The fraction of sp³-hybridized carbons (Fsp3) is 0.158. The molecule has 1 aromatic heterocycles. The zero-order valence-electron chi connectivity index (χ0n) is 14.1. The zero-order valence-corrected chi connectivity index (χ0v) is 15.7. The Bertz CT molecular complexity index is 1060. The molecule has 1 N–H and O–H groups in total. The van der Waals surface area contributed by atoms with E-state index in [9.17, 15) is 9.59 Å². The summed E-state index contributed by atoms with van der Waals surface area (Å²) in [5.41, 5.74) is 2.31. The molecule has 0 aliphatic carbocycles. The van der Waals surface area contributed by atoms with Gasteiger partial charge >= 0.3 is 0 Å². The number of amides is 2. The molecule has 0 bridgehead atoms. The van der Waals surface area contributed by atoms with Gasteiger partial charge in [-0.05, 0) is 36.8 Å². The number of rotatable bonds is 2. The van der Waals surface area contributed by atoms with Crippen molar-refractivity contribution >= 4 is 56.2 Å². The lowest BCUT2D eigenvalue weighted by atomic mass is 10.2. The molecule has 0 atom stereocenters. The van der Waals surface area contributed by atoms with Gasteiger partial charge in [0.15, 0.2) is 6.61 Å². The van der Waals surface area contributed by atoms with Crippen molar-refractivity contribution in [1.29, 1.82) is 0 Å². The molecule has 0 saturated heterocycles. The van der Waals surface area contributed by atoms with E-state index in [1.54, 1.807) is 25.2 Å². The van der Waals surface area contributed by atoms with Crippen LogP contribution in [0.25, 0.3) is 10.1 Å². The number of fused-ring (bicyclic) bond motifs is 2. The smallest absolute Gasteiger partial charge is 0.267 e. The highest BCUT2D eigenvalue weighted by Crippen LogP contribution is 2.37. The number of likely N-dealkylation sites (N-methyl/N-ethyl adjacent to an activating group) is 1. The second kappa shape index (κ2) is 6.30. The monoisotopic (exact) mass is 386 g/mol. The van der Waals surface area contributed by atoms with Gasteiger partial charge in [-0.1, -0.05) is 23.7 Å². The fourth-order valence-electron chi connectivity index (χ4n) is 2.86. The van der Waals surface area contributed by atoms with Crippen LogP contribution in [0.2, 0.25) is 5.02 Å². The number of aryl methyl sites for hydroxylation is 1. The van der Waals surface area contributed by atoms with Crippen molar-refractivity contribution in [3.05, 3.63) is 51.9 Å². The highest BCUT2D eigenvalue weighted by atomic mass is 35.5. The topological polar surface area (TPSA) is 58.6 Å². The summed E-state index contributed by atoms with van der Waals surface area (Å²) in [7, 11) is 1.68. The van der Waals surface area contributed by atoms with E-state index in [1.165, 1.54) is 16.2 Å². The Morgan fingerprint density at radius 1 is 1.27 bits per heavy atom. The summed E-state index contributed by atoms with van der Waals surface area (Å²) in [5.74, 6) is 0.198. The molecule has 2 amide bonds. The van der Waals surface area contributed by atoms with Crippen LogP contribution >= 0.6 is 22.9 Å². The summed E-state index contributed by atoms with van der Waals surface area (Å²) in [6.07, 6.45) is 0. The maximum Gasteiger partial charge on any atom is 0.267 e. The minimum absolute atomic E-state index is 0.0199. The number of carbonyl (C=O) groups excluding carboxylic acids is 2. The molecule has 2 aromatic carbocycles. The van der Waals surface area contributed by atoms with Gasteiger partial charge in [0, 0.05) is 22.8 Å². The minimum atomic E-state index is -0.278. The van der Waals surface area contributed by atoms with Crippen molar-refractivity contribution in [1.82, 2.24) is 0 Å². The summed E-state index contributed by atoms with van der Waals surface area (Å²) < 4.78 is 6.37. The van der Waals surface area contributed by atoms with Gasteiger partial charge in [-0.2, -0.15) is 0 Å². The van der Waals surface area contributed by atoms with Crippen molar-refractivity contribution in [2.45, 2.75) is 6.92 Å². The number of thiophene rings is 1. The first kappa shape index (κ1) is 16.9. The van der Waals surface area contributed by atoms with Crippen molar-refractivity contribution in [3.8, 4) is 5.75 Å². The maximum absolute atomic E-state index is 12.7. The van der Waals surface area contributed by atoms with Gasteiger partial charge in [0.1, 0.15) is 10.6 Å². The molecule has 26 heavy (non-hydrogen) atoms. The number of carbonyl (C=O) groups is 2. The molecule has 7 heteroatoms. The largest absolute Gasteiger partial charge is 0.482 e. The number of halogens is 1. The minimum Gasteiger partial charge on any atom is -0.482 e. The molecule has 1 aliphatic heterocycles. The first-order valence-corrected chi connectivity index (χ1v) is 9.17. The molecule has 4 rings (SSSR count). The van der Waals surface area contributed by atoms with Crippen molar-refractivity contribution < 1.29 is 14.3 Å². The van der Waals surface area contributed by atoms with Crippen LogP contribution in [0.5, 0.6) is 5.75 Å². The van der Waals surface area contributed by atoms with Crippen LogP contribution in [0.15, 0.2) is 36.4 Å². The Morgan fingerprint density at radius 2 is 2.08 bits per heavy atom. The Morgan fingerprint density at radius 3 is 2.88 bits per heavy atom. The molecule has 5 nitrogen and oxygen atoms in total. The molecule has 0 unspecified atom stereocenters. The molecule has 0 radical (unpaired) electrons. The number of hydrogen-bond donors (Lipinski definition) is 1. The van der Waals surface area contributed by atoms with Gasteiger partial charge in [0.2, 0.25) is 0 Å². The fourth-order valence-corrected chi connectivity index (χ4v) is 4.37. The normalized spacial score (nSPS) is 13.5. The second-order valence-corrected chi connectivity index (χ2v) is 7.55. The van der Waals surface area contributed by atoms with Gasteiger partial charge in [-0.15, -0.1) is 11.3 Å². The number of anilines is 2. The van der Waals surface area contributed by atoms with Crippen LogP contribution in [-0.4, -0.2) is 25.5 Å². The number of ether oxygens (including phenoxy) is 1. The molecular weight excluding hydrogens is 372 g/mol. The highest BCUT2D eigenvalue weighted by molar-refractivity contribution is 7.21. The first-order chi connectivity index (χ1) is 12.4. The van der Waals surface area contributed by atoms with E-state index in [0.717, 1.165) is 15.6 Å². The lowest BCUT2D eigenvalue weighted by Crippen LogP contribution is -2.35. The Labute approximate surface area is 159 Å².